The Hall–Kier alpha value is -0.230. The van der Waals surface area contributed by atoms with Crippen LogP contribution in [0.3, 0.4) is 0 Å². The van der Waals surface area contributed by atoms with Crippen LogP contribution in [0.4, 0.5) is 0 Å². The van der Waals surface area contributed by atoms with Crippen LogP contribution in [0, 0.1) is 0 Å². The normalized spacial score (nSPS) is 15.2. The second kappa shape index (κ2) is 16.6. The van der Waals surface area contributed by atoms with Gasteiger partial charge >= 0.3 is 26.5 Å². The maximum absolute atomic E-state index is 11.9. The van der Waals surface area contributed by atoms with Gasteiger partial charge in [0.15, 0.2) is 16.3 Å². The zero-order valence-corrected chi connectivity index (χ0v) is 19.3. The van der Waals surface area contributed by atoms with Gasteiger partial charge in [-0.2, -0.15) is 0 Å². The molecule has 13 heteroatoms. The van der Waals surface area contributed by atoms with Gasteiger partial charge in [0.05, 0.1) is 0 Å². The van der Waals surface area contributed by atoms with Crippen LogP contribution >= 0.6 is 43.9 Å². The molecule has 0 fully saturated rings. The molecule has 0 aliphatic heterocycles. The molecule has 0 aromatic carbocycles. The summed E-state index contributed by atoms with van der Waals surface area (Å²) in [6.45, 7) is 5.56. The minimum absolute atomic E-state index is 0.479. The molecule has 0 spiro atoms. The Morgan fingerprint density at radius 1 is 0.679 bits per heavy atom. The summed E-state index contributed by atoms with van der Waals surface area (Å²) in [5, 5.41) is 29.2. The van der Waals surface area contributed by atoms with Crippen LogP contribution in [0.1, 0.15) is 40.0 Å². The number of hydrogen-bond acceptors (Lipinski definition) is 12. The summed E-state index contributed by atoms with van der Waals surface area (Å²) in [7, 11) is -2.89. The van der Waals surface area contributed by atoms with Crippen LogP contribution in [-0.2, 0) is 28.0 Å². The van der Waals surface area contributed by atoms with Crippen molar-refractivity contribution in [1.29, 1.82) is 0 Å². The quantitative estimate of drug-likeness (QED) is 0.235. The lowest BCUT2D eigenvalue weighted by molar-refractivity contribution is -0.148. The summed E-state index contributed by atoms with van der Waals surface area (Å²) in [6, 6.07) is 0. The van der Waals surface area contributed by atoms with Crippen molar-refractivity contribution >= 4 is 61.8 Å². The second-order valence-corrected chi connectivity index (χ2v) is 9.68. The highest BCUT2D eigenvalue weighted by atomic mass is 32.2. The fraction of sp³-hybridized carbons (Fsp3) is 0.800. The molecule has 9 nitrogen and oxygen atoms in total. The van der Waals surface area contributed by atoms with E-state index in [1.54, 1.807) is 0 Å². The minimum Gasteiger partial charge on any atom is -0.372 e. The molecule has 164 valence electrons. The Balaban J connectivity index is 4.96. The van der Waals surface area contributed by atoms with Gasteiger partial charge in [0, 0.05) is 0 Å². The highest BCUT2D eigenvalue weighted by Gasteiger charge is 2.34. The molecule has 3 N–H and O–H groups in total. The van der Waals surface area contributed by atoms with Crippen LogP contribution < -0.4 is 0 Å². The van der Waals surface area contributed by atoms with E-state index < -0.39 is 42.8 Å². The molecule has 0 heterocycles. The number of hydrogen-bond donors (Lipinski definition) is 3. The molecule has 0 saturated carbocycles. The Kier molecular flexibility index (Phi) is 16.4. The van der Waals surface area contributed by atoms with Crippen LogP contribution in [0.2, 0.25) is 0 Å². The summed E-state index contributed by atoms with van der Waals surface area (Å²) in [6.07, 6.45) is 2.11. The second-order valence-electron chi connectivity index (χ2n) is 5.12. The first-order chi connectivity index (χ1) is 13.3. The highest BCUT2D eigenvalue weighted by Crippen LogP contribution is 2.42. The number of carbonyl (C=O) groups is 3. The van der Waals surface area contributed by atoms with Gasteiger partial charge < -0.3 is 28.9 Å². The third kappa shape index (κ3) is 12.4. The molecule has 0 bridgehead atoms. The lowest BCUT2D eigenvalue weighted by Crippen LogP contribution is -2.25. The van der Waals surface area contributed by atoms with E-state index in [1.165, 1.54) is 0 Å². The van der Waals surface area contributed by atoms with Crippen molar-refractivity contribution in [2.45, 2.75) is 56.3 Å². The van der Waals surface area contributed by atoms with Gasteiger partial charge in [0.1, 0.15) is 0 Å². The number of aliphatic hydroxyl groups is 3. The van der Waals surface area contributed by atoms with Crippen molar-refractivity contribution < 1.29 is 43.3 Å². The van der Waals surface area contributed by atoms with Gasteiger partial charge in [-0.3, -0.25) is 0 Å². The van der Waals surface area contributed by atoms with Gasteiger partial charge in [-0.05, 0) is 36.5 Å². The van der Waals surface area contributed by atoms with Gasteiger partial charge in [-0.25, -0.2) is 14.4 Å². The smallest absolute Gasteiger partial charge is 0.372 e. The van der Waals surface area contributed by atoms with Crippen molar-refractivity contribution in [3.8, 4) is 0 Å². The molecule has 0 amide bonds. The highest BCUT2D eigenvalue weighted by molar-refractivity contribution is 8.00. The predicted molar refractivity (Wildman–Crippen MR) is 111 cm³/mol. The summed E-state index contributed by atoms with van der Waals surface area (Å²) >= 11 is 2.71. The molecule has 0 rings (SSSR count). The summed E-state index contributed by atoms with van der Waals surface area (Å²) in [5.74, 6) is -2.03. The van der Waals surface area contributed by atoms with E-state index in [0.29, 0.717) is 36.5 Å². The Morgan fingerprint density at radius 3 is 1.14 bits per heavy atom. The van der Waals surface area contributed by atoms with Gasteiger partial charge in [0.25, 0.3) is 0 Å². The van der Waals surface area contributed by atoms with Crippen LogP contribution in [-0.4, -0.2) is 66.8 Å². The zero-order chi connectivity index (χ0) is 21.5. The third-order valence-corrected chi connectivity index (χ3v) is 6.98. The first-order valence-corrected chi connectivity index (χ1v) is 12.8. The fourth-order valence-electron chi connectivity index (χ4n) is 1.30. The molecule has 0 aromatic rings. The molecular weight excluding hydrogens is 451 g/mol. The SMILES string of the molecule is CCCSC(O)C(=O)OP(OC(=O)C(O)SCCC)OC(=O)C(O)SCCC. The van der Waals surface area contributed by atoms with E-state index in [4.69, 9.17) is 13.6 Å². The summed E-state index contributed by atoms with van der Waals surface area (Å²) < 4.78 is 14.4. The van der Waals surface area contributed by atoms with E-state index in [0.717, 1.165) is 35.3 Å². The van der Waals surface area contributed by atoms with E-state index in [2.05, 4.69) is 0 Å². The predicted octanol–water partition coefficient (Wildman–Crippen LogP) is 2.23. The number of thioether (sulfide) groups is 3. The fourth-order valence-corrected chi connectivity index (χ4v) is 4.30. The number of carbonyl (C=O) groups excluding carboxylic acids is 3. The molecular formula is C15H27O9PS3. The molecule has 0 aromatic heterocycles. The lowest BCUT2D eigenvalue weighted by Gasteiger charge is -2.19. The molecule has 3 unspecified atom stereocenters. The van der Waals surface area contributed by atoms with E-state index in [9.17, 15) is 29.7 Å². The van der Waals surface area contributed by atoms with E-state index in [-0.39, 0.29) is 0 Å². The summed E-state index contributed by atoms with van der Waals surface area (Å²) in [4.78, 5) is 35.7. The Morgan fingerprint density at radius 2 is 0.929 bits per heavy atom. The minimum atomic E-state index is -2.89. The molecule has 0 aliphatic rings. The van der Waals surface area contributed by atoms with Crippen molar-refractivity contribution in [3.05, 3.63) is 0 Å². The first-order valence-electron chi connectivity index (χ1n) is 8.61. The average Bonchev–Trinajstić information content (AvgIpc) is 2.67. The van der Waals surface area contributed by atoms with E-state index >= 15 is 0 Å². The number of aliphatic hydroxyl groups excluding tert-OH is 3. The summed E-state index contributed by atoms with van der Waals surface area (Å²) in [5.41, 5.74) is -4.66. The monoisotopic (exact) mass is 478 g/mol. The average molecular weight is 479 g/mol. The first kappa shape index (κ1) is 27.8. The van der Waals surface area contributed by atoms with Crippen LogP contribution in [0.15, 0.2) is 0 Å². The largest absolute Gasteiger partial charge is 0.537 e. The molecule has 0 radical (unpaired) electrons. The third-order valence-electron chi connectivity index (χ3n) is 2.54. The zero-order valence-electron chi connectivity index (χ0n) is 15.9. The maximum Gasteiger partial charge on any atom is 0.537 e. The van der Waals surface area contributed by atoms with Gasteiger partial charge in [-0.1, -0.05) is 20.8 Å². The van der Waals surface area contributed by atoms with Crippen molar-refractivity contribution in [2.24, 2.45) is 0 Å². The molecule has 0 aliphatic carbocycles. The van der Waals surface area contributed by atoms with Crippen LogP contribution in [0.5, 0.6) is 0 Å². The Bertz CT molecular complexity index is 417. The van der Waals surface area contributed by atoms with Crippen molar-refractivity contribution in [1.82, 2.24) is 0 Å². The van der Waals surface area contributed by atoms with Gasteiger partial charge in [-0.15, -0.1) is 35.3 Å². The van der Waals surface area contributed by atoms with Crippen molar-refractivity contribution in [3.63, 3.8) is 0 Å². The lowest BCUT2D eigenvalue weighted by atomic mass is 10.6. The van der Waals surface area contributed by atoms with E-state index in [1.807, 2.05) is 20.8 Å². The molecule has 0 saturated heterocycles. The maximum atomic E-state index is 11.9. The topological polar surface area (TPSA) is 140 Å². The van der Waals surface area contributed by atoms with Crippen LogP contribution in [0.25, 0.3) is 0 Å². The van der Waals surface area contributed by atoms with Crippen molar-refractivity contribution in [2.75, 3.05) is 17.3 Å². The molecule has 3 atom stereocenters. The standard InChI is InChI=1S/C15H27O9PS3/c1-4-7-26-13(19)10(16)22-25(23-11(17)14(20)27-8-5-2)24-12(18)15(21)28-9-6-3/h13-15,19-21H,4-9H2,1-3H3. The van der Waals surface area contributed by atoms with Gasteiger partial charge in [0.2, 0.25) is 0 Å². The molecule has 28 heavy (non-hydrogen) atoms. The Labute approximate surface area is 178 Å². The number of rotatable bonds is 15.